The molecule has 4 rings (SSSR count). The summed E-state index contributed by atoms with van der Waals surface area (Å²) >= 11 is 0. The van der Waals surface area contributed by atoms with Gasteiger partial charge in [0.1, 0.15) is 18.1 Å². The van der Waals surface area contributed by atoms with E-state index in [9.17, 15) is 9.18 Å². The Morgan fingerprint density at radius 2 is 2.04 bits per heavy atom. The number of ether oxygens (including phenoxy) is 1. The fourth-order valence-electron chi connectivity index (χ4n) is 3.23. The minimum absolute atomic E-state index is 0.142. The van der Waals surface area contributed by atoms with Crippen molar-refractivity contribution in [1.29, 1.82) is 0 Å². The molecule has 0 unspecified atom stereocenters. The van der Waals surface area contributed by atoms with Gasteiger partial charge in [0, 0.05) is 24.8 Å². The summed E-state index contributed by atoms with van der Waals surface area (Å²) < 4.78 is 20.7. The second kappa shape index (κ2) is 7.15. The first-order valence-electron chi connectivity index (χ1n) is 8.83. The lowest BCUT2D eigenvalue weighted by Gasteiger charge is -2.20. The number of carbonyl (C=O) groups is 1. The molecule has 0 bridgehead atoms. The minimum atomic E-state index is -0.316. The number of aromatic nitrogens is 2. The van der Waals surface area contributed by atoms with Gasteiger partial charge in [0.25, 0.3) is 5.91 Å². The number of rotatable bonds is 4. The second-order valence-electron chi connectivity index (χ2n) is 6.46. The monoisotopic (exact) mass is 353 g/mol. The summed E-state index contributed by atoms with van der Waals surface area (Å²) in [4.78, 5) is 14.6. The van der Waals surface area contributed by atoms with Crippen LogP contribution in [0.25, 0.3) is 0 Å². The van der Waals surface area contributed by atoms with E-state index >= 15 is 0 Å². The number of carbonyl (C=O) groups excluding carboxylic acids is 1. The van der Waals surface area contributed by atoms with Crippen LogP contribution in [-0.4, -0.2) is 28.8 Å². The Morgan fingerprint density at radius 1 is 1.19 bits per heavy atom. The average molecular weight is 353 g/mol. The van der Waals surface area contributed by atoms with Crippen molar-refractivity contribution in [3.8, 4) is 5.88 Å². The summed E-state index contributed by atoms with van der Waals surface area (Å²) in [5.41, 5.74) is 2.40. The Hall–Kier alpha value is -2.89. The highest BCUT2D eigenvalue weighted by Crippen LogP contribution is 2.24. The van der Waals surface area contributed by atoms with Crippen molar-refractivity contribution in [2.75, 3.05) is 18.1 Å². The van der Waals surface area contributed by atoms with E-state index in [1.807, 2.05) is 6.08 Å². The molecule has 0 saturated carbocycles. The number of aryl methyl sites for hydroxylation is 1. The van der Waals surface area contributed by atoms with Crippen molar-refractivity contribution in [1.82, 2.24) is 9.78 Å². The van der Waals surface area contributed by atoms with Gasteiger partial charge in [-0.05, 0) is 49.1 Å². The number of allylic oxidation sites excluding steroid dienone is 3. The minimum Gasteiger partial charge on any atom is -0.472 e. The summed E-state index contributed by atoms with van der Waals surface area (Å²) in [5.74, 6) is 0.00430. The standard InChI is InChI=1S/C20H20FN3O2/c21-16-7-9-17(10-8-16)23-11-4-12-24-18(20(23)25)13-19(22-24)26-14-15-5-2-1-3-6-15/h1-2,5,7-10,13H,3-4,6,11-12,14H2. The Bertz CT molecular complexity index is 868. The molecule has 6 heteroatoms. The number of hydrogen-bond acceptors (Lipinski definition) is 3. The predicted octanol–water partition coefficient (Wildman–Crippen LogP) is 3.73. The largest absolute Gasteiger partial charge is 0.472 e. The zero-order valence-electron chi connectivity index (χ0n) is 14.4. The van der Waals surface area contributed by atoms with Crippen LogP contribution < -0.4 is 9.64 Å². The molecule has 0 saturated heterocycles. The molecule has 0 fully saturated rings. The van der Waals surface area contributed by atoms with Crippen molar-refractivity contribution in [3.63, 3.8) is 0 Å². The van der Waals surface area contributed by atoms with Gasteiger partial charge in [-0.1, -0.05) is 18.2 Å². The third kappa shape index (κ3) is 3.40. The van der Waals surface area contributed by atoms with Crippen molar-refractivity contribution in [2.45, 2.75) is 25.8 Å². The smallest absolute Gasteiger partial charge is 0.276 e. The molecular formula is C20H20FN3O2. The number of hydrogen-bond donors (Lipinski definition) is 0. The molecule has 0 radical (unpaired) electrons. The summed E-state index contributed by atoms with van der Waals surface area (Å²) in [7, 11) is 0. The third-order valence-electron chi connectivity index (χ3n) is 4.62. The van der Waals surface area contributed by atoms with Gasteiger partial charge >= 0.3 is 0 Å². The van der Waals surface area contributed by atoms with Crippen LogP contribution in [0.3, 0.4) is 0 Å². The van der Waals surface area contributed by atoms with Crippen LogP contribution in [0.2, 0.25) is 0 Å². The summed E-state index contributed by atoms with van der Waals surface area (Å²) in [6.07, 6.45) is 9.01. The fourth-order valence-corrected chi connectivity index (χ4v) is 3.23. The van der Waals surface area contributed by atoms with Gasteiger partial charge < -0.3 is 9.64 Å². The topological polar surface area (TPSA) is 47.4 Å². The molecule has 1 aromatic heterocycles. The fraction of sp³-hybridized carbons (Fsp3) is 0.300. The van der Waals surface area contributed by atoms with E-state index in [0.717, 1.165) is 19.3 Å². The van der Waals surface area contributed by atoms with E-state index in [1.165, 1.54) is 17.7 Å². The normalized spacial score (nSPS) is 16.9. The Kier molecular flexibility index (Phi) is 4.56. The van der Waals surface area contributed by atoms with E-state index in [-0.39, 0.29) is 11.7 Å². The van der Waals surface area contributed by atoms with Gasteiger partial charge in [-0.2, -0.15) is 0 Å². The van der Waals surface area contributed by atoms with Crippen LogP contribution in [0.5, 0.6) is 5.88 Å². The predicted molar refractivity (Wildman–Crippen MR) is 96.9 cm³/mol. The molecular weight excluding hydrogens is 333 g/mol. The Labute approximate surface area is 151 Å². The van der Waals surface area contributed by atoms with Crippen molar-refractivity contribution < 1.29 is 13.9 Å². The van der Waals surface area contributed by atoms with Crippen LogP contribution in [0, 0.1) is 5.82 Å². The van der Waals surface area contributed by atoms with Crippen LogP contribution in [0.1, 0.15) is 29.8 Å². The summed E-state index contributed by atoms with van der Waals surface area (Å²) in [6, 6.07) is 7.68. The van der Waals surface area contributed by atoms with Gasteiger partial charge in [-0.3, -0.25) is 9.48 Å². The van der Waals surface area contributed by atoms with Gasteiger partial charge in [-0.25, -0.2) is 4.39 Å². The molecule has 26 heavy (non-hydrogen) atoms. The molecule has 0 N–H and O–H groups in total. The zero-order chi connectivity index (χ0) is 17.9. The van der Waals surface area contributed by atoms with Crippen molar-refractivity contribution in [3.05, 3.63) is 65.6 Å². The number of halogens is 1. The van der Waals surface area contributed by atoms with E-state index in [2.05, 4.69) is 17.3 Å². The molecule has 2 aliphatic rings. The quantitative estimate of drug-likeness (QED) is 0.841. The van der Waals surface area contributed by atoms with Gasteiger partial charge in [0.05, 0.1) is 0 Å². The maximum absolute atomic E-state index is 13.2. The maximum atomic E-state index is 13.2. The van der Waals surface area contributed by atoms with E-state index in [4.69, 9.17) is 4.74 Å². The Morgan fingerprint density at radius 3 is 2.81 bits per heavy atom. The lowest BCUT2D eigenvalue weighted by molar-refractivity contribution is 0.0982. The molecule has 2 heterocycles. The number of anilines is 1. The highest BCUT2D eigenvalue weighted by atomic mass is 19.1. The Balaban J connectivity index is 1.52. The second-order valence-corrected chi connectivity index (χ2v) is 6.46. The first kappa shape index (κ1) is 16.6. The first-order valence-corrected chi connectivity index (χ1v) is 8.83. The molecule has 2 aromatic rings. The lowest BCUT2D eigenvalue weighted by Crippen LogP contribution is -2.30. The molecule has 5 nitrogen and oxygen atoms in total. The van der Waals surface area contributed by atoms with Crippen LogP contribution in [0.15, 0.2) is 54.1 Å². The number of benzene rings is 1. The molecule has 1 aliphatic heterocycles. The SMILES string of the molecule is O=C1c2cc(OCC3=CC=CCC3)nn2CCCN1c1ccc(F)cc1. The highest BCUT2D eigenvalue weighted by Gasteiger charge is 2.26. The van der Waals surface area contributed by atoms with E-state index in [1.54, 1.807) is 27.8 Å². The molecule has 134 valence electrons. The molecule has 0 atom stereocenters. The van der Waals surface area contributed by atoms with Crippen LogP contribution >= 0.6 is 0 Å². The number of amides is 1. The van der Waals surface area contributed by atoms with Crippen molar-refractivity contribution >= 4 is 11.6 Å². The van der Waals surface area contributed by atoms with Gasteiger partial charge in [0.15, 0.2) is 0 Å². The lowest BCUT2D eigenvalue weighted by atomic mass is 10.1. The molecule has 1 amide bonds. The third-order valence-corrected chi connectivity index (χ3v) is 4.62. The number of fused-ring (bicyclic) bond motifs is 1. The number of nitrogens with zero attached hydrogens (tertiary/aromatic N) is 3. The summed E-state index contributed by atoms with van der Waals surface area (Å²) in [6.45, 7) is 1.70. The van der Waals surface area contributed by atoms with E-state index in [0.29, 0.717) is 37.0 Å². The molecule has 1 aromatic carbocycles. The molecule has 1 aliphatic carbocycles. The van der Waals surface area contributed by atoms with Crippen LogP contribution in [-0.2, 0) is 6.54 Å². The van der Waals surface area contributed by atoms with E-state index < -0.39 is 0 Å². The zero-order valence-corrected chi connectivity index (χ0v) is 14.4. The van der Waals surface area contributed by atoms with Crippen molar-refractivity contribution in [2.24, 2.45) is 0 Å². The first-order chi connectivity index (χ1) is 12.7. The summed E-state index contributed by atoms with van der Waals surface area (Å²) in [5, 5.41) is 4.43. The maximum Gasteiger partial charge on any atom is 0.276 e. The van der Waals surface area contributed by atoms with Gasteiger partial charge in [-0.15, -0.1) is 5.10 Å². The van der Waals surface area contributed by atoms with Crippen LogP contribution in [0.4, 0.5) is 10.1 Å². The van der Waals surface area contributed by atoms with Gasteiger partial charge in [0.2, 0.25) is 5.88 Å². The molecule has 0 spiro atoms. The average Bonchev–Trinajstić information content (AvgIpc) is 3.01. The highest BCUT2D eigenvalue weighted by molar-refractivity contribution is 6.05.